The van der Waals surface area contributed by atoms with Gasteiger partial charge in [-0.2, -0.15) is 8.42 Å². The number of thioether (sulfide) groups is 1. The fraction of sp³-hybridized carbons (Fsp3) is 0.500. The molecule has 0 bridgehead atoms. The number of aryl methyl sites for hydroxylation is 7. The van der Waals surface area contributed by atoms with Crippen molar-refractivity contribution >= 4 is 134 Å². The molecule has 7 aromatic rings. The van der Waals surface area contributed by atoms with Crippen molar-refractivity contribution < 1.29 is 31.6 Å². The van der Waals surface area contributed by atoms with Crippen LogP contribution in [0, 0.1) is 0 Å². The zero-order valence-electron chi connectivity index (χ0n) is 66.8. The van der Waals surface area contributed by atoms with Gasteiger partial charge in [-0.25, -0.2) is 8.42 Å². The summed E-state index contributed by atoms with van der Waals surface area (Å²) in [6, 6.07) is 27.7. The first-order valence-electron chi connectivity index (χ1n) is 40.4. The smallest absolute Gasteiger partial charge is 0.298 e. The molecule has 0 aromatic heterocycles. The number of hydrogen-bond acceptors (Lipinski definition) is 25. The number of benzene rings is 7. The number of piperidine rings is 1. The molecule has 0 amide bonds. The van der Waals surface area contributed by atoms with Crippen LogP contribution in [-0.2, 0) is 64.9 Å². The molecule has 0 aliphatic carbocycles. The maximum Gasteiger partial charge on any atom is 0.298 e. The number of aliphatic hydroxyl groups excluding tert-OH is 2. The van der Waals surface area contributed by atoms with Gasteiger partial charge < -0.3 is 107 Å². The molecule has 9 aliphatic heterocycles. The van der Waals surface area contributed by atoms with Gasteiger partial charge in [-0.05, 0) is 217 Å². The summed E-state index contributed by atoms with van der Waals surface area (Å²) >= 11 is 1.85. The minimum absolute atomic E-state index is 0.0447. The summed E-state index contributed by atoms with van der Waals surface area (Å²) in [5, 5.41) is 41.9. The molecule has 28 heteroatoms. The molecule has 25 nitrogen and oxygen atoms in total. The highest BCUT2D eigenvalue weighted by molar-refractivity contribution is 8.00. The standard InChI is InChI=1S/C14H21N3.C13H21N3O2.C13H19N3.C12H18N2O2S.C12H18N2S.C11H17N3.C9H12N2O3S/c15-12-7-6-11-5-4-8-16-13(11)14(12)17-9-2-1-3-10-17;14-11-4-3-10-2-1-5-15-12(10)13(11)16(6-8-17)7-9-18;14-11-6-5-10-4-3-7-15-12(10)13(11)16-8-1-2-9-16;1-8(2)17(15,16)12-10(13)6-5-9-4-3-7-14-11(9)12;1-8(2)15-12-10(13)6-5-9-4-3-7-14-11(9)12;1-14(2)11-9(12)6-5-8-4-3-7-13-10(8)11;10-7-4-3-6-2-1-5-11-8(6)9(7)15(12,13)14/h6-7,16H,1-5,8-10,15H2;3-4,15,17-18H,1-2,5-9,14H2;5-6,15H,1-4,7-9,14H2;5-6,8,14H,3-4,7,13H2,1-2H3;5-6,8,14H,3-4,7,13H2,1-2H3;5-6,13H,3-4,7,12H2,1-2H3;3-4,11H,1-2,5,10H2,(H,12,13,14). The second kappa shape index (κ2) is 40.2. The van der Waals surface area contributed by atoms with Crippen molar-refractivity contribution in [1.29, 1.82) is 0 Å². The van der Waals surface area contributed by atoms with Crippen LogP contribution < -0.4 is 97.0 Å². The number of rotatable bonds is 13. The van der Waals surface area contributed by atoms with Crippen molar-refractivity contribution in [3.8, 4) is 0 Å². The molecule has 0 unspecified atom stereocenters. The molecule has 112 heavy (non-hydrogen) atoms. The van der Waals surface area contributed by atoms with E-state index in [1.165, 1.54) is 150 Å². The Bertz CT molecular complexity index is 4550. The van der Waals surface area contributed by atoms with Crippen LogP contribution in [0.4, 0.5) is 102 Å². The van der Waals surface area contributed by atoms with Crippen LogP contribution in [0.15, 0.2) is 99.6 Å². The molecular formula is C84H126N18O7S3. The molecule has 2 fully saturated rings. The Morgan fingerprint density at radius 3 is 1.07 bits per heavy atom. The van der Waals surface area contributed by atoms with E-state index in [9.17, 15) is 16.8 Å². The van der Waals surface area contributed by atoms with Crippen LogP contribution in [0.25, 0.3) is 0 Å². The summed E-state index contributed by atoms with van der Waals surface area (Å²) in [6.07, 6.45) is 22.0. The summed E-state index contributed by atoms with van der Waals surface area (Å²) in [7, 11) is -3.54. The van der Waals surface area contributed by atoms with Gasteiger partial charge in [0.2, 0.25) is 0 Å². The van der Waals surface area contributed by atoms with Crippen molar-refractivity contribution in [3.63, 3.8) is 0 Å². The Morgan fingerprint density at radius 2 is 0.688 bits per heavy atom. The lowest BCUT2D eigenvalue weighted by molar-refractivity contribution is 0.281. The highest BCUT2D eigenvalue weighted by Crippen LogP contribution is 2.45. The van der Waals surface area contributed by atoms with Crippen LogP contribution in [0.1, 0.15) is 144 Å². The number of anilines is 18. The molecule has 612 valence electrons. The lowest BCUT2D eigenvalue weighted by Gasteiger charge is -2.34. The molecule has 24 N–H and O–H groups in total. The van der Waals surface area contributed by atoms with Crippen molar-refractivity contribution in [2.75, 3.05) is 209 Å². The van der Waals surface area contributed by atoms with Crippen LogP contribution in [-0.4, -0.2) is 154 Å². The third kappa shape index (κ3) is 21.3. The van der Waals surface area contributed by atoms with Crippen LogP contribution >= 0.6 is 11.8 Å². The number of hydrogen-bond donors (Lipinski definition) is 17. The van der Waals surface area contributed by atoms with Gasteiger partial charge in [-0.3, -0.25) is 4.55 Å². The second-order valence-electron chi connectivity index (χ2n) is 30.7. The zero-order chi connectivity index (χ0) is 80.2. The Morgan fingerprint density at radius 1 is 0.384 bits per heavy atom. The van der Waals surface area contributed by atoms with Crippen molar-refractivity contribution in [2.24, 2.45) is 0 Å². The number of aliphatic hydroxyl groups is 2. The lowest BCUT2D eigenvalue weighted by Crippen LogP contribution is -2.32. The number of fused-ring (bicyclic) bond motifs is 7. The van der Waals surface area contributed by atoms with Crippen molar-refractivity contribution in [1.82, 2.24) is 0 Å². The van der Waals surface area contributed by atoms with Gasteiger partial charge in [0, 0.05) is 110 Å². The quantitative estimate of drug-likeness (QED) is 0.0290. The van der Waals surface area contributed by atoms with Gasteiger partial charge in [-0.1, -0.05) is 56.3 Å². The maximum atomic E-state index is 12.3. The molecular weight excluding hydrogens is 1470 g/mol. The molecule has 0 atom stereocenters. The van der Waals surface area contributed by atoms with E-state index >= 15 is 0 Å². The van der Waals surface area contributed by atoms with Crippen molar-refractivity contribution in [2.45, 2.75) is 175 Å². The molecule has 2 saturated heterocycles. The van der Waals surface area contributed by atoms with Gasteiger partial charge in [-0.15, -0.1) is 11.8 Å². The van der Waals surface area contributed by atoms with Gasteiger partial charge in [0.25, 0.3) is 10.1 Å². The largest absolute Gasteiger partial charge is 0.398 e. The fourth-order valence-corrected chi connectivity index (χ4v) is 19.3. The van der Waals surface area contributed by atoms with E-state index in [2.05, 4.69) is 108 Å². The number of nitrogens with two attached hydrogens (primary N) is 7. The summed E-state index contributed by atoms with van der Waals surface area (Å²) in [6.45, 7) is 20.1. The molecule has 9 heterocycles. The second-order valence-corrected chi connectivity index (χ2v) is 36.1. The topological polar surface area (TPSA) is 408 Å². The van der Waals surface area contributed by atoms with E-state index in [1.807, 2.05) is 55.0 Å². The van der Waals surface area contributed by atoms with E-state index in [-0.39, 0.29) is 28.7 Å². The number of sulfone groups is 1. The highest BCUT2D eigenvalue weighted by Gasteiger charge is 2.30. The Balaban J connectivity index is 0.000000139. The van der Waals surface area contributed by atoms with E-state index < -0.39 is 25.2 Å². The molecule has 0 radical (unpaired) electrons. The minimum atomic E-state index is -4.26. The predicted molar refractivity (Wildman–Crippen MR) is 475 cm³/mol. The predicted octanol–water partition coefficient (Wildman–Crippen LogP) is 12.8. The van der Waals surface area contributed by atoms with Gasteiger partial charge in [0.1, 0.15) is 9.79 Å². The average Bonchev–Trinajstić information content (AvgIpc) is 0.960. The molecule has 0 spiro atoms. The third-order valence-corrected chi connectivity index (χ3v) is 25.9. The summed E-state index contributed by atoms with van der Waals surface area (Å²) in [4.78, 5) is 10.2. The molecule has 9 aliphatic rings. The SMILES string of the molecule is CC(C)S(=O)(=O)c1c(N)ccc2c1NCCC2.CC(C)Sc1c(N)ccc2c1NCCC2.CN(C)c1c(N)ccc2c1NCCC2.Nc1ccc2c(c1N(CCO)CCO)NCCC2.Nc1ccc2c(c1N1CCCC1)NCCC2.Nc1ccc2c(c1N1CCCCC1)NCCC2.Nc1ccc2c(c1S(=O)(=O)O)NCCC2. The summed E-state index contributed by atoms with van der Waals surface area (Å²) < 4.78 is 56.0. The third-order valence-electron chi connectivity index (χ3n) is 21.6. The van der Waals surface area contributed by atoms with Gasteiger partial charge in [0.05, 0.1) is 120 Å². The van der Waals surface area contributed by atoms with Crippen LogP contribution in [0.2, 0.25) is 0 Å². The van der Waals surface area contributed by atoms with E-state index in [0.29, 0.717) is 47.6 Å². The molecule has 7 aromatic carbocycles. The fourth-order valence-electron chi connectivity index (χ4n) is 16.1. The first kappa shape index (κ1) is 85.5. The minimum Gasteiger partial charge on any atom is -0.398 e. The number of nitrogens with zero attached hydrogens (tertiary/aromatic N) is 4. The number of nitrogens with one attached hydrogen (secondary N) is 7. The van der Waals surface area contributed by atoms with Gasteiger partial charge >= 0.3 is 0 Å². The average molecular weight is 1600 g/mol. The molecule has 16 rings (SSSR count). The Kier molecular flexibility index (Phi) is 30.7. The summed E-state index contributed by atoms with van der Waals surface area (Å²) in [5.41, 5.74) is 67.2. The van der Waals surface area contributed by atoms with Crippen molar-refractivity contribution in [3.05, 3.63) is 124 Å². The normalized spacial score (nSPS) is 16.2. The van der Waals surface area contributed by atoms with Crippen LogP contribution in [0.5, 0.6) is 0 Å². The Hall–Kier alpha value is -8.93. The maximum absolute atomic E-state index is 12.3. The Labute approximate surface area is 669 Å². The molecule has 0 saturated carbocycles. The van der Waals surface area contributed by atoms with Gasteiger partial charge in [0.15, 0.2) is 9.84 Å². The number of nitrogen functional groups attached to an aromatic ring is 7. The monoisotopic (exact) mass is 1590 g/mol. The highest BCUT2D eigenvalue weighted by atomic mass is 32.2. The lowest BCUT2D eigenvalue weighted by atomic mass is 9.99. The van der Waals surface area contributed by atoms with E-state index in [1.54, 1.807) is 26.0 Å². The van der Waals surface area contributed by atoms with E-state index in [4.69, 9.17) is 54.9 Å². The zero-order valence-corrected chi connectivity index (χ0v) is 69.3. The van der Waals surface area contributed by atoms with E-state index in [0.717, 1.165) is 161 Å². The van der Waals surface area contributed by atoms with Crippen LogP contribution in [0.3, 0.4) is 0 Å². The summed E-state index contributed by atoms with van der Waals surface area (Å²) in [5.74, 6) is 0. The first-order chi connectivity index (χ1) is 53.8. The first-order valence-corrected chi connectivity index (χ1v) is 44.3.